The average molecular weight is 329 g/mol. The molecule has 0 atom stereocenters. The maximum atomic E-state index is 12.3. The lowest BCUT2D eigenvalue weighted by atomic mass is 9.90. The molecule has 1 heterocycles. The van der Waals surface area contributed by atoms with Gasteiger partial charge in [-0.15, -0.1) is 0 Å². The minimum atomic E-state index is -0.331. The second kappa shape index (κ2) is 7.88. The predicted octanol–water partition coefficient (Wildman–Crippen LogP) is 1.43. The quantitative estimate of drug-likeness (QED) is 0.805. The van der Waals surface area contributed by atoms with E-state index in [9.17, 15) is 9.59 Å². The Morgan fingerprint density at radius 2 is 1.92 bits per heavy atom. The van der Waals surface area contributed by atoms with Crippen molar-refractivity contribution < 1.29 is 9.90 Å². The second-order valence-corrected chi connectivity index (χ2v) is 6.52. The van der Waals surface area contributed by atoms with Gasteiger partial charge in [-0.25, -0.2) is 4.68 Å². The summed E-state index contributed by atoms with van der Waals surface area (Å²) in [5, 5.41) is 16.0. The van der Waals surface area contributed by atoms with E-state index >= 15 is 0 Å². The normalized spacial score (nSPS) is 11.3. The first-order valence-electron chi connectivity index (χ1n) is 7.92. The van der Waals surface area contributed by atoms with E-state index in [2.05, 4.69) is 10.4 Å². The summed E-state index contributed by atoms with van der Waals surface area (Å²) >= 11 is 0. The summed E-state index contributed by atoms with van der Waals surface area (Å²) in [6.45, 7) is 4.74. The number of benzene rings is 1. The highest BCUT2D eigenvalue weighted by atomic mass is 16.3. The minimum Gasteiger partial charge on any atom is -0.396 e. The van der Waals surface area contributed by atoms with Crippen LogP contribution in [0.15, 0.2) is 47.3 Å². The number of aliphatic hydroxyl groups is 1. The Bertz CT molecular complexity index is 739. The highest BCUT2D eigenvalue weighted by molar-refractivity contribution is 5.92. The van der Waals surface area contributed by atoms with Gasteiger partial charge in [0.15, 0.2) is 0 Å². The van der Waals surface area contributed by atoms with Crippen LogP contribution in [0.2, 0.25) is 0 Å². The molecule has 0 aliphatic carbocycles. The van der Waals surface area contributed by atoms with Crippen molar-refractivity contribution in [3.63, 3.8) is 0 Å². The SMILES string of the molecule is CC(C)(CCO)CNC(=O)c1ccc(=O)n(Cc2ccccc2)n1. The van der Waals surface area contributed by atoms with Crippen LogP contribution in [-0.2, 0) is 6.54 Å². The molecular weight excluding hydrogens is 306 g/mol. The molecule has 2 rings (SSSR count). The Labute approximate surface area is 141 Å². The van der Waals surface area contributed by atoms with Gasteiger partial charge in [0.25, 0.3) is 11.5 Å². The van der Waals surface area contributed by atoms with Crippen molar-refractivity contribution in [2.24, 2.45) is 5.41 Å². The van der Waals surface area contributed by atoms with E-state index in [-0.39, 0.29) is 29.2 Å². The van der Waals surface area contributed by atoms with E-state index in [0.29, 0.717) is 19.5 Å². The number of carbonyl (C=O) groups is 1. The molecular formula is C18H23N3O3. The van der Waals surface area contributed by atoms with Crippen LogP contribution in [0.5, 0.6) is 0 Å². The summed E-state index contributed by atoms with van der Waals surface area (Å²) in [6.07, 6.45) is 0.591. The lowest BCUT2D eigenvalue weighted by Gasteiger charge is -2.23. The highest BCUT2D eigenvalue weighted by Gasteiger charge is 2.19. The van der Waals surface area contributed by atoms with Crippen LogP contribution in [0, 0.1) is 5.41 Å². The van der Waals surface area contributed by atoms with Gasteiger partial charge in [0.05, 0.1) is 6.54 Å². The van der Waals surface area contributed by atoms with E-state index in [1.807, 2.05) is 44.2 Å². The van der Waals surface area contributed by atoms with E-state index in [4.69, 9.17) is 5.11 Å². The Morgan fingerprint density at radius 1 is 1.21 bits per heavy atom. The number of carbonyl (C=O) groups excluding carboxylic acids is 1. The first-order chi connectivity index (χ1) is 11.4. The van der Waals surface area contributed by atoms with Gasteiger partial charge in [-0.05, 0) is 23.5 Å². The van der Waals surface area contributed by atoms with Crippen molar-refractivity contribution in [2.45, 2.75) is 26.8 Å². The third-order valence-electron chi connectivity index (χ3n) is 3.79. The number of rotatable bonds is 7. The Kier molecular flexibility index (Phi) is 5.87. The third kappa shape index (κ3) is 5.03. The number of aliphatic hydroxyl groups excluding tert-OH is 1. The largest absolute Gasteiger partial charge is 0.396 e. The molecule has 0 fully saturated rings. The summed E-state index contributed by atoms with van der Waals surface area (Å²) in [6, 6.07) is 12.3. The fourth-order valence-corrected chi connectivity index (χ4v) is 2.24. The standard InChI is InChI=1S/C18H23N3O3/c1-18(2,10-11-22)13-19-17(24)15-8-9-16(23)21(20-15)12-14-6-4-3-5-7-14/h3-9,22H,10-13H2,1-2H3,(H,19,24). The highest BCUT2D eigenvalue weighted by Crippen LogP contribution is 2.18. The molecule has 0 unspecified atom stereocenters. The molecule has 0 radical (unpaired) electrons. The Balaban J connectivity index is 2.10. The maximum Gasteiger partial charge on any atom is 0.271 e. The predicted molar refractivity (Wildman–Crippen MR) is 91.9 cm³/mol. The summed E-state index contributed by atoms with van der Waals surface area (Å²) in [7, 11) is 0. The van der Waals surface area contributed by atoms with Crippen LogP contribution < -0.4 is 10.9 Å². The first-order valence-corrected chi connectivity index (χ1v) is 7.92. The van der Waals surface area contributed by atoms with Crippen LogP contribution >= 0.6 is 0 Å². The summed E-state index contributed by atoms with van der Waals surface area (Å²) in [5.41, 5.74) is 0.679. The molecule has 24 heavy (non-hydrogen) atoms. The van der Waals surface area contributed by atoms with Crippen LogP contribution in [0.3, 0.4) is 0 Å². The summed E-state index contributed by atoms with van der Waals surface area (Å²) in [5.74, 6) is -0.331. The zero-order valence-electron chi connectivity index (χ0n) is 14.0. The van der Waals surface area contributed by atoms with E-state index < -0.39 is 0 Å². The summed E-state index contributed by atoms with van der Waals surface area (Å²) < 4.78 is 1.28. The fraction of sp³-hybridized carbons (Fsp3) is 0.389. The zero-order chi connectivity index (χ0) is 17.6. The van der Waals surface area contributed by atoms with E-state index in [1.165, 1.54) is 16.8 Å². The maximum absolute atomic E-state index is 12.3. The molecule has 1 aromatic carbocycles. The van der Waals surface area contributed by atoms with Crippen molar-refractivity contribution in [3.05, 3.63) is 64.1 Å². The fourth-order valence-electron chi connectivity index (χ4n) is 2.24. The van der Waals surface area contributed by atoms with Gasteiger partial charge in [-0.2, -0.15) is 5.10 Å². The zero-order valence-corrected chi connectivity index (χ0v) is 14.0. The van der Waals surface area contributed by atoms with Gasteiger partial charge >= 0.3 is 0 Å². The molecule has 0 saturated heterocycles. The number of hydrogen-bond acceptors (Lipinski definition) is 4. The van der Waals surface area contributed by atoms with Crippen LogP contribution in [0.1, 0.15) is 36.3 Å². The van der Waals surface area contributed by atoms with E-state index in [1.54, 1.807) is 0 Å². The molecule has 128 valence electrons. The minimum absolute atomic E-state index is 0.0725. The number of aromatic nitrogens is 2. The van der Waals surface area contributed by atoms with Crippen molar-refractivity contribution in [3.8, 4) is 0 Å². The van der Waals surface area contributed by atoms with E-state index in [0.717, 1.165) is 5.56 Å². The lowest BCUT2D eigenvalue weighted by Crippen LogP contribution is -2.36. The average Bonchev–Trinajstić information content (AvgIpc) is 2.56. The Morgan fingerprint density at radius 3 is 2.58 bits per heavy atom. The van der Waals surface area contributed by atoms with Gasteiger partial charge < -0.3 is 10.4 Å². The molecule has 0 saturated carbocycles. The summed E-state index contributed by atoms with van der Waals surface area (Å²) in [4.78, 5) is 24.2. The molecule has 1 amide bonds. The van der Waals surface area contributed by atoms with Gasteiger partial charge in [0.2, 0.25) is 0 Å². The lowest BCUT2D eigenvalue weighted by molar-refractivity contribution is 0.0920. The van der Waals surface area contributed by atoms with Crippen molar-refractivity contribution in [1.82, 2.24) is 15.1 Å². The van der Waals surface area contributed by atoms with Crippen molar-refractivity contribution in [1.29, 1.82) is 0 Å². The molecule has 0 aliphatic rings. The van der Waals surface area contributed by atoms with Gasteiger partial charge in [-0.3, -0.25) is 9.59 Å². The second-order valence-electron chi connectivity index (χ2n) is 6.52. The third-order valence-corrected chi connectivity index (χ3v) is 3.79. The monoisotopic (exact) mass is 329 g/mol. The van der Waals surface area contributed by atoms with Crippen molar-refractivity contribution >= 4 is 5.91 Å². The first kappa shape index (κ1) is 17.9. The Hall–Kier alpha value is -2.47. The van der Waals surface area contributed by atoms with Gasteiger partial charge in [-0.1, -0.05) is 44.2 Å². The topological polar surface area (TPSA) is 84.2 Å². The molecule has 2 aromatic rings. The van der Waals surface area contributed by atoms with Crippen LogP contribution in [-0.4, -0.2) is 33.9 Å². The molecule has 0 aliphatic heterocycles. The molecule has 6 heteroatoms. The number of nitrogens with one attached hydrogen (secondary N) is 1. The molecule has 0 bridgehead atoms. The number of amides is 1. The van der Waals surface area contributed by atoms with Crippen molar-refractivity contribution in [2.75, 3.05) is 13.2 Å². The molecule has 2 N–H and O–H groups in total. The van der Waals surface area contributed by atoms with Gasteiger partial charge in [0.1, 0.15) is 5.69 Å². The number of hydrogen-bond donors (Lipinski definition) is 2. The molecule has 6 nitrogen and oxygen atoms in total. The van der Waals surface area contributed by atoms with Crippen LogP contribution in [0.25, 0.3) is 0 Å². The van der Waals surface area contributed by atoms with Gasteiger partial charge in [0, 0.05) is 19.2 Å². The number of nitrogens with zero attached hydrogens (tertiary/aromatic N) is 2. The smallest absolute Gasteiger partial charge is 0.271 e. The molecule has 0 spiro atoms. The molecule has 1 aromatic heterocycles. The van der Waals surface area contributed by atoms with Crippen LogP contribution in [0.4, 0.5) is 0 Å².